The Morgan fingerprint density at radius 1 is 0.719 bits per heavy atom. The van der Waals surface area contributed by atoms with Gasteiger partial charge in [0.25, 0.3) is 5.30 Å². The van der Waals surface area contributed by atoms with Crippen LogP contribution in [0.15, 0.2) is 48.5 Å². The summed E-state index contributed by atoms with van der Waals surface area (Å²) in [6.45, 7) is 7.10. The van der Waals surface area contributed by atoms with Crippen molar-refractivity contribution in [2.75, 3.05) is 14.2 Å². The topological polar surface area (TPSA) is 69.7 Å². The molecule has 0 bridgehead atoms. The van der Waals surface area contributed by atoms with Gasteiger partial charge in [0.1, 0.15) is 0 Å². The second-order valence-corrected chi connectivity index (χ2v) is 9.04. The predicted molar refractivity (Wildman–Crippen MR) is 126 cm³/mol. The fourth-order valence-corrected chi connectivity index (χ4v) is 5.73. The molecule has 164 valence electrons. The largest absolute Gasteiger partial charge is 0.492 e. The van der Waals surface area contributed by atoms with E-state index in [2.05, 4.69) is 0 Å². The molecule has 0 saturated heterocycles. The van der Waals surface area contributed by atoms with Crippen LogP contribution in [0.3, 0.4) is 0 Å². The van der Waals surface area contributed by atoms with Gasteiger partial charge in [-0.25, -0.2) is 4.79 Å². The van der Waals surface area contributed by atoms with E-state index in [4.69, 9.17) is 9.47 Å². The second kappa shape index (κ2) is 9.46. The molecule has 32 heavy (non-hydrogen) atoms. The van der Waals surface area contributed by atoms with Gasteiger partial charge in [-0.2, -0.15) is 0 Å². The molecule has 0 aliphatic heterocycles. The lowest BCUT2D eigenvalue weighted by Gasteiger charge is -2.17. The molecule has 3 rings (SSSR count). The molecule has 0 aliphatic rings. The Bertz CT molecular complexity index is 1180. The number of carbonyl (C=O) groups is 2. The van der Waals surface area contributed by atoms with E-state index < -0.39 is 13.3 Å². The van der Waals surface area contributed by atoms with E-state index in [-0.39, 0.29) is 22.6 Å². The smallest absolute Gasteiger partial charge is 0.466 e. The first kappa shape index (κ1) is 23.4. The van der Waals surface area contributed by atoms with Crippen molar-refractivity contribution in [1.82, 2.24) is 0 Å². The number of methoxy groups -OCH3 is 2. The summed E-state index contributed by atoms with van der Waals surface area (Å²) in [5, 5.41) is 0.178. The van der Waals surface area contributed by atoms with Crippen molar-refractivity contribution in [2.45, 2.75) is 27.7 Å². The first-order valence-electron chi connectivity index (χ1n) is 10.2. The standard InChI is InChI=1S/C26H26O5P/c1-15-11-10-12-16(2)20(15)26(28)32(29)25-23(30-5)17(3)21(18(4)24(25)31-6)22(27)19-13-8-7-9-14-19/h7-14H,1-6H3/q+1. The van der Waals surface area contributed by atoms with Gasteiger partial charge < -0.3 is 9.47 Å². The molecule has 0 fully saturated rings. The highest BCUT2D eigenvalue weighted by atomic mass is 31.1. The molecule has 1 atom stereocenters. The van der Waals surface area contributed by atoms with Crippen LogP contribution in [0.1, 0.15) is 48.5 Å². The molecule has 6 heteroatoms. The summed E-state index contributed by atoms with van der Waals surface area (Å²) in [7, 11) is 0.302. The quantitative estimate of drug-likeness (QED) is 0.354. The summed E-state index contributed by atoms with van der Waals surface area (Å²) in [6.07, 6.45) is 0. The van der Waals surface area contributed by atoms with Gasteiger partial charge in [-0.05, 0) is 38.8 Å². The van der Waals surface area contributed by atoms with Crippen LogP contribution in [-0.2, 0) is 4.57 Å². The maximum Gasteiger partial charge on any atom is 0.466 e. The maximum absolute atomic E-state index is 13.6. The molecule has 5 nitrogen and oxygen atoms in total. The Morgan fingerprint density at radius 3 is 1.69 bits per heavy atom. The summed E-state index contributed by atoms with van der Waals surface area (Å²) in [5.41, 5.74) is 3.41. The van der Waals surface area contributed by atoms with Crippen LogP contribution < -0.4 is 14.8 Å². The molecule has 0 aromatic heterocycles. The van der Waals surface area contributed by atoms with Gasteiger partial charge in [-0.1, -0.05) is 53.1 Å². The van der Waals surface area contributed by atoms with Crippen LogP contribution in [0.2, 0.25) is 0 Å². The number of hydrogen-bond acceptors (Lipinski definition) is 5. The Balaban J connectivity index is 2.25. The van der Waals surface area contributed by atoms with E-state index in [9.17, 15) is 14.2 Å². The number of ether oxygens (including phenoxy) is 2. The van der Waals surface area contributed by atoms with E-state index in [1.807, 2.05) is 38.1 Å². The van der Waals surface area contributed by atoms with Crippen molar-refractivity contribution >= 4 is 24.4 Å². The van der Waals surface area contributed by atoms with Crippen LogP contribution in [0, 0.1) is 27.7 Å². The van der Waals surface area contributed by atoms with Gasteiger partial charge in [0.05, 0.1) is 19.8 Å². The summed E-state index contributed by atoms with van der Waals surface area (Å²) in [5.74, 6) is 0.264. The zero-order valence-corrected chi connectivity index (χ0v) is 20.0. The number of carbonyl (C=O) groups excluding carboxylic acids is 2. The molecule has 0 heterocycles. The molecule has 0 amide bonds. The first-order valence-corrected chi connectivity index (χ1v) is 11.4. The molecular weight excluding hydrogens is 423 g/mol. The first-order chi connectivity index (χ1) is 15.2. The monoisotopic (exact) mass is 449 g/mol. The highest BCUT2D eigenvalue weighted by Crippen LogP contribution is 2.42. The molecule has 0 aliphatic carbocycles. The lowest BCUT2D eigenvalue weighted by atomic mass is 9.93. The van der Waals surface area contributed by atoms with E-state index >= 15 is 0 Å². The molecule has 3 aromatic rings. The molecule has 0 saturated carbocycles. The van der Waals surface area contributed by atoms with Crippen molar-refractivity contribution in [1.29, 1.82) is 0 Å². The molecule has 0 radical (unpaired) electrons. The van der Waals surface area contributed by atoms with Crippen LogP contribution in [0.4, 0.5) is 0 Å². The van der Waals surface area contributed by atoms with Crippen molar-refractivity contribution in [3.05, 3.63) is 87.5 Å². The van der Waals surface area contributed by atoms with Crippen molar-refractivity contribution in [2.24, 2.45) is 0 Å². The second-order valence-electron chi connectivity index (χ2n) is 7.60. The van der Waals surface area contributed by atoms with Crippen LogP contribution >= 0.6 is 7.80 Å². The Kier molecular flexibility index (Phi) is 6.90. The van der Waals surface area contributed by atoms with Crippen LogP contribution in [0.5, 0.6) is 11.5 Å². The molecule has 1 unspecified atom stereocenters. The third-order valence-electron chi connectivity index (χ3n) is 5.62. The maximum atomic E-state index is 13.6. The summed E-state index contributed by atoms with van der Waals surface area (Å²) in [6, 6.07) is 14.4. The van der Waals surface area contributed by atoms with E-state index in [0.29, 0.717) is 27.8 Å². The van der Waals surface area contributed by atoms with Gasteiger partial charge in [0.15, 0.2) is 17.3 Å². The lowest BCUT2D eigenvalue weighted by molar-refractivity contribution is 0.103. The van der Waals surface area contributed by atoms with Crippen molar-refractivity contribution < 1.29 is 23.6 Å². The highest BCUT2D eigenvalue weighted by molar-refractivity contribution is 7.72. The zero-order valence-electron chi connectivity index (χ0n) is 19.1. The van der Waals surface area contributed by atoms with Gasteiger partial charge in [-0.15, -0.1) is 0 Å². The van der Waals surface area contributed by atoms with E-state index in [1.54, 1.807) is 38.1 Å². The predicted octanol–water partition coefficient (Wildman–Crippen LogP) is 5.46. The Labute approximate surface area is 189 Å². The average molecular weight is 449 g/mol. The fourth-order valence-electron chi connectivity index (χ4n) is 4.08. The third-order valence-corrected chi connectivity index (χ3v) is 7.02. The summed E-state index contributed by atoms with van der Waals surface area (Å²) >= 11 is 0. The lowest BCUT2D eigenvalue weighted by Crippen LogP contribution is -2.19. The van der Waals surface area contributed by atoms with Crippen LogP contribution in [-0.4, -0.2) is 25.5 Å². The number of aryl methyl sites for hydroxylation is 2. The minimum absolute atomic E-state index is 0.178. The minimum Gasteiger partial charge on any atom is -0.492 e. The van der Waals surface area contributed by atoms with E-state index in [1.165, 1.54) is 14.2 Å². The van der Waals surface area contributed by atoms with Crippen LogP contribution in [0.25, 0.3) is 0 Å². The van der Waals surface area contributed by atoms with Gasteiger partial charge >= 0.3 is 13.3 Å². The molecular formula is C26H26O5P+. The van der Waals surface area contributed by atoms with Gasteiger partial charge in [0.2, 0.25) is 0 Å². The number of rotatable bonds is 7. The summed E-state index contributed by atoms with van der Waals surface area (Å²) in [4.78, 5) is 26.6. The van der Waals surface area contributed by atoms with E-state index in [0.717, 1.165) is 11.1 Å². The Hall–Kier alpha value is -3.30. The molecule has 3 aromatic carbocycles. The SMILES string of the molecule is COc1c(C)c(C(=O)c2ccccc2)c(C)c(OC)c1[P+](=O)C(=O)c1c(C)cccc1C. The normalized spacial score (nSPS) is 11.1. The third kappa shape index (κ3) is 3.96. The highest BCUT2D eigenvalue weighted by Gasteiger charge is 2.43. The van der Waals surface area contributed by atoms with Gasteiger partial charge in [-0.3, -0.25) is 4.79 Å². The minimum atomic E-state index is -2.57. The molecule has 0 N–H and O–H groups in total. The number of benzene rings is 3. The van der Waals surface area contributed by atoms with Crippen molar-refractivity contribution in [3.63, 3.8) is 0 Å². The zero-order chi connectivity index (χ0) is 23.6. The number of ketones is 1. The number of hydrogen-bond donors (Lipinski definition) is 0. The average Bonchev–Trinajstić information content (AvgIpc) is 2.78. The Morgan fingerprint density at radius 2 is 1.22 bits per heavy atom. The summed E-state index contributed by atoms with van der Waals surface area (Å²) < 4.78 is 24.8. The molecule has 0 spiro atoms. The fraction of sp³-hybridized carbons (Fsp3) is 0.231. The van der Waals surface area contributed by atoms with Gasteiger partial charge in [0, 0.05) is 22.3 Å². The van der Waals surface area contributed by atoms with Crippen molar-refractivity contribution in [3.8, 4) is 11.5 Å².